The third-order valence-electron chi connectivity index (χ3n) is 3.03. The van der Waals surface area contributed by atoms with E-state index in [0.29, 0.717) is 0 Å². The number of amides is 1. The van der Waals surface area contributed by atoms with E-state index in [2.05, 4.69) is 39.7 Å². The molecule has 0 atom stereocenters. The Labute approximate surface area is 145 Å². The number of hydrogen-bond donors (Lipinski definition) is 1. The lowest BCUT2D eigenvalue weighted by Gasteiger charge is -2.18. The van der Waals surface area contributed by atoms with Gasteiger partial charge < -0.3 is 5.32 Å². The molecule has 3 heteroatoms. The van der Waals surface area contributed by atoms with Crippen molar-refractivity contribution < 1.29 is 4.79 Å². The normalized spacial score (nSPS) is 10.5. The van der Waals surface area contributed by atoms with Gasteiger partial charge in [-0.25, -0.2) is 0 Å². The molecule has 112 valence electrons. The van der Waals surface area contributed by atoms with Crippen molar-refractivity contribution in [3.8, 4) is 11.8 Å². The Kier molecular flexibility index (Phi) is 5.25. The van der Waals surface area contributed by atoms with Gasteiger partial charge in [0.2, 0.25) is 5.91 Å². The number of benzene rings is 2. The first-order chi connectivity index (χ1) is 10.4. The van der Waals surface area contributed by atoms with Crippen molar-refractivity contribution in [2.45, 2.75) is 20.8 Å². The molecule has 0 aliphatic carbocycles. The Bertz CT molecular complexity index is 734. The van der Waals surface area contributed by atoms with E-state index in [4.69, 9.17) is 0 Å². The van der Waals surface area contributed by atoms with Crippen LogP contribution in [-0.2, 0) is 4.79 Å². The van der Waals surface area contributed by atoms with E-state index >= 15 is 0 Å². The van der Waals surface area contributed by atoms with E-state index in [0.717, 1.165) is 20.4 Å². The second kappa shape index (κ2) is 6.97. The van der Waals surface area contributed by atoms with Gasteiger partial charge in [-0.2, -0.15) is 0 Å². The van der Waals surface area contributed by atoms with Crippen molar-refractivity contribution in [3.63, 3.8) is 0 Å². The van der Waals surface area contributed by atoms with Gasteiger partial charge in [-0.05, 0) is 52.9 Å². The number of hydrogen-bond acceptors (Lipinski definition) is 1. The molecular formula is C19H18INO. The molecule has 0 unspecified atom stereocenters. The van der Waals surface area contributed by atoms with Crippen molar-refractivity contribution in [2.24, 2.45) is 5.41 Å². The summed E-state index contributed by atoms with van der Waals surface area (Å²) < 4.78 is 1.09. The maximum Gasteiger partial charge on any atom is 0.229 e. The Morgan fingerprint density at radius 2 is 1.73 bits per heavy atom. The first-order valence-electron chi connectivity index (χ1n) is 7.04. The molecular weight excluding hydrogens is 385 g/mol. The molecule has 0 aliphatic rings. The van der Waals surface area contributed by atoms with Gasteiger partial charge in [0.05, 0.1) is 5.69 Å². The second-order valence-electron chi connectivity index (χ2n) is 6.01. The first-order valence-corrected chi connectivity index (χ1v) is 8.12. The van der Waals surface area contributed by atoms with Crippen LogP contribution in [0.1, 0.15) is 31.9 Å². The molecule has 0 aromatic heterocycles. The lowest BCUT2D eigenvalue weighted by atomic mass is 9.95. The van der Waals surface area contributed by atoms with E-state index in [-0.39, 0.29) is 5.91 Å². The summed E-state index contributed by atoms with van der Waals surface area (Å²) >= 11 is 2.25. The highest BCUT2D eigenvalue weighted by Gasteiger charge is 2.21. The highest BCUT2D eigenvalue weighted by molar-refractivity contribution is 14.1. The molecule has 2 rings (SSSR count). The average molecular weight is 403 g/mol. The summed E-state index contributed by atoms with van der Waals surface area (Å²) in [6, 6.07) is 15.7. The number of anilines is 1. The van der Waals surface area contributed by atoms with Crippen LogP contribution in [0.25, 0.3) is 0 Å². The maximum atomic E-state index is 12.2. The minimum absolute atomic E-state index is 0.0172. The van der Waals surface area contributed by atoms with Crippen LogP contribution in [0, 0.1) is 20.8 Å². The molecule has 0 spiro atoms. The Morgan fingerprint density at radius 1 is 1.05 bits per heavy atom. The highest BCUT2D eigenvalue weighted by Crippen LogP contribution is 2.22. The summed E-state index contributed by atoms with van der Waals surface area (Å²) in [7, 11) is 0. The van der Waals surface area contributed by atoms with Gasteiger partial charge in [-0.1, -0.05) is 50.8 Å². The lowest BCUT2D eigenvalue weighted by molar-refractivity contribution is -0.123. The van der Waals surface area contributed by atoms with Crippen molar-refractivity contribution in [1.82, 2.24) is 0 Å². The number of rotatable bonds is 1. The summed E-state index contributed by atoms with van der Waals surface area (Å²) in [5.41, 5.74) is 2.10. The SMILES string of the molecule is CC(C)(C)C(=O)Nc1ccc(I)cc1C#Cc1ccccc1. The van der Waals surface area contributed by atoms with Gasteiger partial charge in [0.15, 0.2) is 0 Å². The highest BCUT2D eigenvalue weighted by atomic mass is 127. The van der Waals surface area contributed by atoms with Gasteiger partial charge >= 0.3 is 0 Å². The molecule has 0 saturated carbocycles. The van der Waals surface area contributed by atoms with Crippen molar-refractivity contribution in [1.29, 1.82) is 0 Å². The van der Waals surface area contributed by atoms with Gasteiger partial charge in [0, 0.05) is 20.1 Å². The molecule has 1 N–H and O–H groups in total. The molecule has 22 heavy (non-hydrogen) atoms. The van der Waals surface area contributed by atoms with Crippen LogP contribution in [0.4, 0.5) is 5.69 Å². The van der Waals surface area contributed by atoms with Crippen molar-refractivity contribution in [3.05, 3.63) is 63.2 Å². The van der Waals surface area contributed by atoms with Crippen LogP contribution in [0.15, 0.2) is 48.5 Å². The molecule has 0 bridgehead atoms. The van der Waals surface area contributed by atoms with E-state index < -0.39 is 5.41 Å². The summed E-state index contributed by atoms with van der Waals surface area (Å²) in [4.78, 5) is 12.2. The standard InChI is InChI=1S/C19H18INO/c1-19(2,3)18(22)21-17-12-11-16(20)13-15(17)10-9-14-7-5-4-6-8-14/h4-8,11-13H,1-3H3,(H,21,22). The largest absolute Gasteiger partial charge is 0.325 e. The minimum atomic E-state index is -0.437. The zero-order chi connectivity index (χ0) is 16.2. The van der Waals surface area contributed by atoms with Crippen LogP contribution in [0.3, 0.4) is 0 Å². The smallest absolute Gasteiger partial charge is 0.229 e. The fraction of sp³-hybridized carbons (Fsp3) is 0.211. The van der Waals surface area contributed by atoms with Gasteiger partial charge in [-0.3, -0.25) is 4.79 Å². The van der Waals surface area contributed by atoms with Crippen LogP contribution in [-0.4, -0.2) is 5.91 Å². The summed E-state index contributed by atoms with van der Waals surface area (Å²) in [6.07, 6.45) is 0. The fourth-order valence-corrected chi connectivity index (χ4v) is 2.19. The van der Waals surface area contributed by atoms with Gasteiger partial charge in [-0.15, -0.1) is 0 Å². The minimum Gasteiger partial charge on any atom is -0.325 e. The molecule has 2 nitrogen and oxygen atoms in total. The molecule has 1 amide bonds. The van der Waals surface area contributed by atoms with E-state index in [1.54, 1.807) is 0 Å². The number of carbonyl (C=O) groups is 1. The summed E-state index contributed by atoms with van der Waals surface area (Å²) in [5, 5.41) is 2.97. The number of nitrogens with one attached hydrogen (secondary N) is 1. The molecule has 0 radical (unpaired) electrons. The fourth-order valence-electron chi connectivity index (χ4n) is 1.70. The zero-order valence-electron chi connectivity index (χ0n) is 12.9. The third kappa shape index (κ3) is 4.60. The Balaban J connectivity index is 2.33. The van der Waals surface area contributed by atoms with E-state index in [1.165, 1.54) is 0 Å². The Morgan fingerprint density at radius 3 is 2.36 bits per heavy atom. The van der Waals surface area contributed by atoms with Crippen LogP contribution in [0.5, 0.6) is 0 Å². The molecule has 2 aromatic rings. The van der Waals surface area contributed by atoms with Crippen LogP contribution < -0.4 is 5.32 Å². The molecule has 0 saturated heterocycles. The molecule has 0 fully saturated rings. The second-order valence-corrected chi connectivity index (χ2v) is 7.26. The zero-order valence-corrected chi connectivity index (χ0v) is 15.1. The van der Waals surface area contributed by atoms with E-state index in [9.17, 15) is 4.79 Å². The Hall–Kier alpha value is -1.80. The quantitative estimate of drug-likeness (QED) is 0.544. The van der Waals surface area contributed by atoms with Gasteiger partial charge in [0.1, 0.15) is 0 Å². The topological polar surface area (TPSA) is 29.1 Å². The average Bonchev–Trinajstić information content (AvgIpc) is 2.47. The third-order valence-corrected chi connectivity index (χ3v) is 3.70. The molecule has 0 aliphatic heterocycles. The summed E-state index contributed by atoms with van der Waals surface area (Å²) in [6.45, 7) is 5.68. The predicted octanol–water partition coefficient (Wildman–Crippen LogP) is 4.68. The monoisotopic (exact) mass is 403 g/mol. The van der Waals surface area contributed by atoms with Crippen LogP contribution >= 0.6 is 22.6 Å². The van der Waals surface area contributed by atoms with Crippen LogP contribution in [0.2, 0.25) is 0 Å². The first kappa shape index (κ1) is 16.6. The molecule has 0 heterocycles. The van der Waals surface area contributed by atoms with Crippen molar-refractivity contribution >= 4 is 34.2 Å². The lowest BCUT2D eigenvalue weighted by Crippen LogP contribution is -2.27. The predicted molar refractivity (Wildman–Crippen MR) is 99.7 cm³/mol. The number of carbonyl (C=O) groups excluding carboxylic acids is 1. The van der Waals surface area contributed by atoms with Gasteiger partial charge in [0.25, 0.3) is 0 Å². The molecule has 2 aromatic carbocycles. The maximum absolute atomic E-state index is 12.2. The summed E-state index contributed by atoms with van der Waals surface area (Å²) in [5.74, 6) is 6.28. The van der Waals surface area contributed by atoms with Crippen molar-refractivity contribution in [2.75, 3.05) is 5.32 Å². The number of halogens is 1. The van der Waals surface area contributed by atoms with E-state index in [1.807, 2.05) is 69.3 Å².